The SMILES string of the molecule is CC(C)(C)CCN1C(=O)C(C2=NS(=O)(=O)c3c(CNS(C)(=O)=O)csc3N2)=C(O)C2C3CCC(O3)C21. The summed E-state index contributed by atoms with van der Waals surface area (Å²) in [7, 11) is -7.81. The van der Waals surface area contributed by atoms with E-state index in [1.54, 1.807) is 4.90 Å². The lowest BCUT2D eigenvalue weighted by atomic mass is 9.77. The number of thiophene rings is 1. The maximum atomic E-state index is 13.8. The van der Waals surface area contributed by atoms with E-state index in [-0.39, 0.29) is 62.8 Å². The number of amidine groups is 1. The number of nitrogens with one attached hydrogen (secondary N) is 2. The van der Waals surface area contributed by atoms with Gasteiger partial charge in [-0.3, -0.25) is 4.79 Å². The standard InChI is InChI=1S/C22H30N4O7S3/c1-22(2,3)7-8-26-16-13-6-5-12(33-13)14(16)17(27)15(21(26)28)19-24-20-18(36(31,32)25-19)11(10-34-20)9-23-35(4,29)30/h10,12-14,16,23,27H,5-9H2,1-4H3,(H,24,25). The zero-order valence-corrected chi connectivity index (χ0v) is 22.9. The predicted molar refractivity (Wildman–Crippen MR) is 135 cm³/mol. The van der Waals surface area contributed by atoms with Gasteiger partial charge in [0.05, 0.1) is 30.4 Å². The third kappa shape index (κ3) is 4.46. The van der Waals surface area contributed by atoms with Gasteiger partial charge in [-0.25, -0.2) is 13.1 Å². The molecule has 0 aromatic carbocycles. The van der Waals surface area contributed by atoms with Gasteiger partial charge in [-0.05, 0) is 30.1 Å². The summed E-state index contributed by atoms with van der Waals surface area (Å²) in [6, 6.07) is -0.297. The van der Waals surface area contributed by atoms with Gasteiger partial charge < -0.3 is 20.1 Å². The van der Waals surface area contributed by atoms with Crippen LogP contribution in [0.5, 0.6) is 0 Å². The molecule has 0 aliphatic carbocycles. The monoisotopic (exact) mass is 558 g/mol. The molecule has 1 amide bonds. The number of fused-ring (bicyclic) bond motifs is 6. The summed E-state index contributed by atoms with van der Waals surface area (Å²) in [4.78, 5) is 15.4. The van der Waals surface area contributed by atoms with Crippen molar-refractivity contribution in [1.29, 1.82) is 0 Å². The Hall–Kier alpha value is -2.00. The molecule has 4 aliphatic rings. The molecule has 0 saturated carbocycles. The average Bonchev–Trinajstić information content (AvgIpc) is 3.45. The molecule has 5 heterocycles. The number of carbonyl (C=O) groups is 1. The predicted octanol–water partition coefficient (Wildman–Crippen LogP) is 1.95. The van der Waals surface area contributed by atoms with E-state index in [0.717, 1.165) is 36.9 Å². The van der Waals surface area contributed by atoms with E-state index >= 15 is 0 Å². The van der Waals surface area contributed by atoms with Crippen LogP contribution in [0.3, 0.4) is 0 Å². The van der Waals surface area contributed by atoms with Crippen molar-refractivity contribution in [2.45, 2.75) is 69.7 Å². The van der Waals surface area contributed by atoms with E-state index in [1.807, 2.05) is 0 Å². The maximum absolute atomic E-state index is 13.8. The smallest absolute Gasteiger partial charge is 0.287 e. The normalized spacial score (nSPS) is 29.2. The second-order valence-electron chi connectivity index (χ2n) is 10.9. The van der Waals surface area contributed by atoms with Crippen LogP contribution in [0.15, 0.2) is 26.0 Å². The fourth-order valence-corrected chi connectivity index (χ4v) is 8.38. The first-order valence-corrected chi connectivity index (χ1v) is 15.9. The second kappa shape index (κ2) is 8.51. The highest BCUT2D eigenvalue weighted by Crippen LogP contribution is 2.49. The first kappa shape index (κ1) is 25.6. The van der Waals surface area contributed by atoms with E-state index in [0.29, 0.717) is 6.54 Å². The van der Waals surface area contributed by atoms with Gasteiger partial charge in [0.2, 0.25) is 10.0 Å². The van der Waals surface area contributed by atoms with Crippen LogP contribution in [-0.2, 0) is 36.1 Å². The number of hydrogen-bond acceptors (Lipinski definition) is 9. The third-order valence-electron chi connectivity index (χ3n) is 7.02. The summed E-state index contributed by atoms with van der Waals surface area (Å²) in [5, 5.41) is 16.0. The summed E-state index contributed by atoms with van der Waals surface area (Å²) < 4.78 is 61.6. The van der Waals surface area contributed by atoms with Gasteiger partial charge in [-0.15, -0.1) is 15.7 Å². The Morgan fingerprint density at radius 1 is 1.31 bits per heavy atom. The molecule has 4 unspecified atom stereocenters. The van der Waals surface area contributed by atoms with E-state index < -0.39 is 31.9 Å². The number of sulfonamides is 2. The zero-order valence-electron chi connectivity index (χ0n) is 20.4. The first-order chi connectivity index (χ1) is 16.7. The Balaban J connectivity index is 1.53. The van der Waals surface area contributed by atoms with Gasteiger partial charge in [-0.2, -0.15) is 8.42 Å². The molecule has 0 spiro atoms. The van der Waals surface area contributed by atoms with Crippen molar-refractivity contribution in [2.24, 2.45) is 15.7 Å². The number of aliphatic hydroxyl groups excluding tert-OH is 1. The summed E-state index contributed by atoms with van der Waals surface area (Å²) in [5.41, 5.74) is 0.0566. The Labute approximate surface area is 214 Å². The average molecular weight is 559 g/mol. The van der Waals surface area contributed by atoms with Crippen molar-refractivity contribution >= 4 is 48.1 Å². The molecule has 2 saturated heterocycles. The summed E-state index contributed by atoms with van der Waals surface area (Å²) in [6.07, 6.45) is 2.87. The summed E-state index contributed by atoms with van der Waals surface area (Å²) >= 11 is 1.06. The van der Waals surface area contributed by atoms with Crippen LogP contribution in [-0.4, -0.2) is 69.6 Å². The molecule has 198 valence electrons. The van der Waals surface area contributed by atoms with Crippen molar-refractivity contribution in [2.75, 3.05) is 18.1 Å². The molecule has 36 heavy (non-hydrogen) atoms. The highest BCUT2D eigenvalue weighted by Gasteiger charge is 2.58. The molecule has 11 nitrogen and oxygen atoms in total. The number of amides is 1. The quantitative estimate of drug-likeness (QED) is 0.479. The van der Waals surface area contributed by atoms with Gasteiger partial charge in [0.15, 0.2) is 5.84 Å². The van der Waals surface area contributed by atoms with Crippen LogP contribution in [0.2, 0.25) is 0 Å². The fourth-order valence-electron chi connectivity index (χ4n) is 5.36. The number of rotatable bonds is 6. The molecule has 2 fully saturated rings. The number of ether oxygens (including phenoxy) is 1. The fraction of sp³-hybridized carbons (Fsp3) is 0.636. The molecule has 3 N–H and O–H groups in total. The van der Waals surface area contributed by atoms with Gasteiger partial charge in [0.25, 0.3) is 15.9 Å². The van der Waals surface area contributed by atoms with Crippen LogP contribution < -0.4 is 10.0 Å². The molecule has 14 heteroatoms. The zero-order chi connectivity index (χ0) is 26.2. The molecule has 5 rings (SSSR count). The number of carbonyl (C=O) groups excluding carboxylic acids is 1. The minimum Gasteiger partial charge on any atom is -0.511 e. The van der Waals surface area contributed by atoms with Crippen LogP contribution in [0.4, 0.5) is 5.00 Å². The lowest BCUT2D eigenvalue weighted by Gasteiger charge is -2.43. The Kier molecular flexibility index (Phi) is 6.06. The molecule has 2 bridgehead atoms. The Morgan fingerprint density at radius 2 is 2.00 bits per heavy atom. The minimum absolute atomic E-state index is 0.0379. The van der Waals surface area contributed by atoms with Gasteiger partial charge in [0.1, 0.15) is 21.2 Å². The Bertz CT molecular complexity index is 1390. The van der Waals surface area contributed by atoms with E-state index in [2.05, 4.69) is 35.2 Å². The number of anilines is 1. The number of aliphatic hydroxyl groups is 1. The molecule has 1 aromatic heterocycles. The van der Waals surface area contributed by atoms with E-state index in [9.17, 15) is 26.7 Å². The van der Waals surface area contributed by atoms with Crippen LogP contribution in [0.25, 0.3) is 0 Å². The van der Waals surface area contributed by atoms with Crippen molar-refractivity contribution in [3.8, 4) is 0 Å². The van der Waals surface area contributed by atoms with Crippen molar-refractivity contribution in [3.05, 3.63) is 22.3 Å². The lowest BCUT2D eigenvalue weighted by Crippen LogP contribution is -2.56. The first-order valence-electron chi connectivity index (χ1n) is 11.7. The molecular weight excluding hydrogens is 528 g/mol. The second-order valence-corrected chi connectivity index (χ2v) is 15.2. The van der Waals surface area contributed by atoms with E-state index in [1.165, 1.54) is 5.38 Å². The van der Waals surface area contributed by atoms with Gasteiger partial charge in [-0.1, -0.05) is 20.8 Å². The molecule has 1 aromatic rings. The highest BCUT2D eigenvalue weighted by atomic mass is 32.2. The third-order valence-corrected chi connectivity index (χ3v) is 10.2. The topological polar surface area (TPSA) is 154 Å². The number of nitrogens with zero attached hydrogens (tertiary/aromatic N) is 2. The lowest BCUT2D eigenvalue weighted by molar-refractivity contribution is -0.132. The van der Waals surface area contributed by atoms with Gasteiger partial charge in [0, 0.05) is 18.7 Å². The van der Waals surface area contributed by atoms with Crippen molar-refractivity contribution in [1.82, 2.24) is 9.62 Å². The van der Waals surface area contributed by atoms with Crippen molar-refractivity contribution in [3.63, 3.8) is 0 Å². The Morgan fingerprint density at radius 3 is 2.67 bits per heavy atom. The molecule has 4 atom stereocenters. The largest absolute Gasteiger partial charge is 0.511 e. The van der Waals surface area contributed by atoms with E-state index in [4.69, 9.17) is 4.74 Å². The minimum atomic E-state index is -4.27. The van der Waals surface area contributed by atoms with Gasteiger partial charge >= 0.3 is 0 Å². The van der Waals surface area contributed by atoms with Crippen LogP contribution in [0, 0.1) is 11.3 Å². The molecular formula is C22H30N4O7S3. The molecule has 4 aliphatic heterocycles. The highest BCUT2D eigenvalue weighted by molar-refractivity contribution is 7.91. The van der Waals surface area contributed by atoms with Crippen LogP contribution >= 0.6 is 11.3 Å². The summed E-state index contributed by atoms with van der Waals surface area (Å²) in [6.45, 7) is 6.47. The maximum Gasteiger partial charge on any atom is 0.287 e. The van der Waals surface area contributed by atoms with Crippen LogP contribution in [0.1, 0.15) is 45.6 Å². The summed E-state index contributed by atoms with van der Waals surface area (Å²) in [5.74, 6) is -1.33. The van der Waals surface area contributed by atoms with Crippen molar-refractivity contribution < 1.29 is 31.5 Å². The molecule has 0 radical (unpaired) electrons. The number of hydrogen-bond donors (Lipinski definition) is 3.